The Hall–Kier alpha value is -0.770. The fraction of sp³-hybridized carbons (Fsp3) is 0.944. The number of hydrogen-bond donors (Lipinski definition) is 1. The number of hydrogen-bond acceptors (Lipinski definition) is 2. The third-order valence-corrected chi connectivity index (χ3v) is 6.07. The van der Waals surface area contributed by atoms with E-state index in [0.29, 0.717) is 12.0 Å². The van der Waals surface area contributed by atoms with E-state index in [1.807, 2.05) is 4.90 Å². The van der Waals surface area contributed by atoms with Crippen molar-refractivity contribution in [2.24, 2.45) is 23.7 Å². The van der Waals surface area contributed by atoms with Crippen LogP contribution in [0, 0.1) is 23.7 Å². The fourth-order valence-electron chi connectivity index (χ4n) is 4.95. The quantitative estimate of drug-likeness (QED) is 0.867. The molecule has 3 aliphatic rings. The van der Waals surface area contributed by atoms with Crippen molar-refractivity contribution < 1.29 is 4.79 Å². The molecule has 0 spiro atoms. The molecular weight excluding hydrogens is 274 g/mol. The molecule has 22 heavy (non-hydrogen) atoms. The van der Waals surface area contributed by atoms with E-state index in [1.54, 1.807) is 0 Å². The van der Waals surface area contributed by atoms with Crippen LogP contribution in [0.25, 0.3) is 0 Å². The summed E-state index contributed by atoms with van der Waals surface area (Å²) >= 11 is 0. The van der Waals surface area contributed by atoms with Crippen molar-refractivity contribution in [3.05, 3.63) is 0 Å². The summed E-state index contributed by atoms with van der Waals surface area (Å²) in [6, 6.07) is 0.510. The Balaban J connectivity index is 1.43. The lowest BCUT2D eigenvalue weighted by Gasteiger charge is -2.37. The molecule has 0 aromatic rings. The molecule has 3 fully saturated rings. The molecule has 1 saturated heterocycles. The first-order valence-corrected chi connectivity index (χ1v) is 9.30. The third kappa shape index (κ3) is 3.58. The number of nitrogens with zero attached hydrogens (tertiary/aromatic N) is 2. The van der Waals surface area contributed by atoms with Crippen LogP contribution in [0.15, 0.2) is 0 Å². The van der Waals surface area contributed by atoms with Gasteiger partial charge in [0.15, 0.2) is 0 Å². The molecule has 126 valence electrons. The zero-order valence-electron chi connectivity index (χ0n) is 14.6. The first-order chi connectivity index (χ1) is 10.5. The van der Waals surface area contributed by atoms with Crippen LogP contribution in [-0.4, -0.2) is 54.6 Å². The van der Waals surface area contributed by atoms with Gasteiger partial charge in [-0.1, -0.05) is 20.3 Å². The highest BCUT2D eigenvalue weighted by atomic mass is 16.2. The number of nitrogens with one attached hydrogen (secondary N) is 1. The molecule has 0 aromatic carbocycles. The molecule has 0 aromatic heterocycles. The van der Waals surface area contributed by atoms with E-state index in [0.717, 1.165) is 50.5 Å². The second-order valence-corrected chi connectivity index (χ2v) is 8.26. The average molecular weight is 307 g/mol. The van der Waals surface area contributed by atoms with Crippen LogP contribution in [-0.2, 0) is 0 Å². The molecule has 0 radical (unpaired) electrons. The summed E-state index contributed by atoms with van der Waals surface area (Å²) < 4.78 is 0. The molecule has 2 saturated carbocycles. The van der Waals surface area contributed by atoms with E-state index in [9.17, 15) is 4.79 Å². The van der Waals surface area contributed by atoms with Crippen LogP contribution in [0.4, 0.5) is 4.79 Å². The molecule has 2 aliphatic carbocycles. The van der Waals surface area contributed by atoms with E-state index < -0.39 is 0 Å². The van der Waals surface area contributed by atoms with Crippen molar-refractivity contribution in [3.8, 4) is 0 Å². The van der Waals surface area contributed by atoms with Gasteiger partial charge in [0.25, 0.3) is 0 Å². The van der Waals surface area contributed by atoms with Crippen molar-refractivity contribution in [2.75, 3.05) is 32.7 Å². The number of amides is 2. The van der Waals surface area contributed by atoms with Crippen LogP contribution >= 0.6 is 0 Å². The maximum atomic E-state index is 12.5. The lowest BCUT2D eigenvalue weighted by atomic mass is 9.84. The standard InChI is InChI=1S/C18H33N3O/c1-13(2)12-20-6-8-21(9-7-20)18(22)19-14(3)17-11-15-4-5-16(17)10-15/h13-17H,4-12H2,1-3H3,(H,19,22). The molecular formula is C18H33N3O. The molecule has 4 heteroatoms. The summed E-state index contributed by atoms with van der Waals surface area (Å²) in [5.74, 6) is 3.26. The Morgan fingerprint density at radius 3 is 2.36 bits per heavy atom. The van der Waals surface area contributed by atoms with Crippen LogP contribution < -0.4 is 5.32 Å². The van der Waals surface area contributed by atoms with Gasteiger partial charge in [0.1, 0.15) is 0 Å². The predicted molar refractivity (Wildman–Crippen MR) is 89.8 cm³/mol. The Labute approximate surface area is 135 Å². The van der Waals surface area contributed by atoms with Crippen molar-refractivity contribution in [1.29, 1.82) is 0 Å². The van der Waals surface area contributed by atoms with Crippen LogP contribution in [0.1, 0.15) is 46.5 Å². The molecule has 1 heterocycles. The van der Waals surface area contributed by atoms with Gasteiger partial charge in [0.2, 0.25) is 0 Å². The Kier molecular flexibility index (Phi) is 4.96. The zero-order chi connectivity index (χ0) is 15.7. The molecule has 2 bridgehead atoms. The third-order valence-electron chi connectivity index (χ3n) is 6.07. The minimum Gasteiger partial charge on any atom is -0.335 e. The summed E-state index contributed by atoms with van der Waals surface area (Å²) in [4.78, 5) is 17.0. The molecule has 2 amide bonds. The van der Waals surface area contributed by atoms with Gasteiger partial charge in [-0.3, -0.25) is 4.90 Å². The molecule has 4 unspecified atom stereocenters. The Morgan fingerprint density at radius 1 is 1.09 bits per heavy atom. The van der Waals surface area contributed by atoms with Gasteiger partial charge in [-0.2, -0.15) is 0 Å². The van der Waals surface area contributed by atoms with Gasteiger partial charge < -0.3 is 10.2 Å². The SMILES string of the molecule is CC(C)CN1CCN(C(=O)NC(C)C2CC3CCC2C3)CC1. The highest BCUT2D eigenvalue weighted by Gasteiger charge is 2.42. The van der Waals surface area contributed by atoms with Crippen molar-refractivity contribution in [3.63, 3.8) is 0 Å². The maximum absolute atomic E-state index is 12.5. The van der Waals surface area contributed by atoms with Crippen LogP contribution in [0.5, 0.6) is 0 Å². The summed E-state index contributed by atoms with van der Waals surface area (Å²) in [6.07, 6.45) is 5.58. The van der Waals surface area contributed by atoms with E-state index >= 15 is 0 Å². The van der Waals surface area contributed by atoms with Crippen molar-refractivity contribution >= 4 is 6.03 Å². The van der Waals surface area contributed by atoms with Crippen LogP contribution in [0.3, 0.4) is 0 Å². The van der Waals surface area contributed by atoms with Gasteiger partial charge in [-0.25, -0.2) is 4.79 Å². The predicted octanol–water partition coefficient (Wildman–Crippen LogP) is 2.79. The van der Waals surface area contributed by atoms with Gasteiger partial charge >= 0.3 is 6.03 Å². The highest BCUT2D eigenvalue weighted by Crippen LogP contribution is 2.49. The smallest absolute Gasteiger partial charge is 0.317 e. The molecule has 4 nitrogen and oxygen atoms in total. The topological polar surface area (TPSA) is 35.6 Å². The van der Waals surface area contributed by atoms with Crippen LogP contribution in [0.2, 0.25) is 0 Å². The van der Waals surface area contributed by atoms with E-state index in [2.05, 4.69) is 31.0 Å². The molecule has 3 rings (SSSR count). The molecule has 4 atom stereocenters. The number of fused-ring (bicyclic) bond motifs is 2. The second-order valence-electron chi connectivity index (χ2n) is 8.26. The van der Waals surface area contributed by atoms with Gasteiger partial charge in [-0.15, -0.1) is 0 Å². The summed E-state index contributed by atoms with van der Waals surface area (Å²) in [7, 11) is 0. The second kappa shape index (κ2) is 6.77. The normalized spacial score (nSPS) is 33.5. The first-order valence-electron chi connectivity index (χ1n) is 9.30. The largest absolute Gasteiger partial charge is 0.335 e. The fourth-order valence-corrected chi connectivity index (χ4v) is 4.95. The minimum absolute atomic E-state index is 0.166. The van der Waals surface area contributed by atoms with E-state index in [4.69, 9.17) is 0 Å². The van der Waals surface area contributed by atoms with Gasteiger partial charge in [0, 0.05) is 38.8 Å². The summed E-state index contributed by atoms with van der Waals surface area (Å²) in [5.41, 5.74) is 0. The Morgan fingerprint density at radius 2 is 1.82 bits per heavy atom. The number of piperazine rings is 1. The van der Waals surface area contributed by atoms with E-state index in [1.165, 1.54) is 25.7 Å². The van der Waals surface area contributed by atoms with Crippen molar-refractivity contribution in [2.45, 2.75) is 52.5 Å². The zero-order valence-corrected chi connectivity index (χ0v) is 14.6. The van der Waals surface area contributed by atoms with Crippen molar-refractivity contribution in [1.82, 2.24) is 15.1 Å². The minimum atomic E-state index is 0.166. The average Bonchev–Trinajstić information content (AvgIpc) is 3.10. The Bertz CT molecular complexity index is 390. The number of carbonyl (C=O) groups is 1. The number of urea groups is 1. The molecule has 1 N–H and O–H groups in total. The maximum Gasteiger partial charge on any atom is 0.317 e. The van der Waals surface area contributed by atoms with Gasteiger partial charge in [-0.05, 0) is 49.9 Å². The lowest BCUT2D eigenvalue weighted by molar-refractivity contribution is 0.126. The summed E-state index contributed by atoms with van der Waals surface area (Å²) in [5, 5.41) is 3.30. The summed E-state index contributed by atoms with van der Waals surface area (Å²) in [6.45, 7) is 11.7. The lowest BCUT2D eigenvalue weighted by Crippen LogP contribution is -2.54. The monoisotopic (exact) mass is 307 g/mol. The first kappa shape index (κ1) is 16.1. The number of carbonyl (C=O) groups excluding carboxylic acids is 1. The molecule has 1 aliphatic heterocycles. The highest BCUT2D eigenvalue weighted by molar-refractivity contribution is 5.74. The number of rotatable bonds is 4. The van der Waals surface area contributed by atoms with E-state index in [-0.39, 0.29) is 6.03 Å². The van der Waals surface area contributed by atoms with Gasteiger partial charge in [0.05, 0.1) is 0 Å².